The van der Waals surface area contributed by atoms with E-state index in [1.807, 2.05) is 24.0 Å². The number of aromatic nitrogens is 1. The van der Waals surface area contributed by atoms with Crippen molar-refractivity contribution in [3.05, 3.63) is 29.6 Å². The van der Waals surface area contributed by atoms with Gasteiger partial charge in [-0.3, -0.25) is 9.78 Å². The lowest BCUT2D eigenvalue weighted by molar-refractivity contribution is -0.146. The fraction of sp³-hybridized carbons (Fsp3) is 0.647. The molecule has 1 spiro atoms. The van der Waals surface area contributed by atoms with Gasteiger partial charge in [-0.15, -0.1) is 0 Å². The number of carbonyl (C=O) groups is 1. The number of ether oxygens (including phenoxy) is 2. The van der Waals surface area contributed by atoms with Crippen LogP contribution in [0.3, 0.4) is 0 Å². The van der Waals surface area contributed by atoms with Crippen molar-refractivity contribution in [2.45, 2.75) is 44.3 Å². The molecule has 0 aromatic carbocycles. The molecule has 2 saturated heterocycles. The summed E-state index contributed by atoms with van der Waals surface area (Å²) < 4.78 is 11.6. The number of hydrogen-bond acceptors (Lipinski definition) is 4. The number of likely N-dealkylation sites (tertiary alicyclic amines) is 1. The molecule has 2 fully saturated rings. The van der Waals surface area contributed by atoms with E-state index in [0.29, 0.717) is 5.56 Å². The van der Waals surface area contributed by atoms with Gasteiger partial charge in [0.25, 0.3) is 5.91 Å². The summed E-state index contributed by atoms with van der Waals surface area (Å²) in [7, 11) is 1.77. The minimum atomic E-state index is -0.0960. The number of rotatable bonds is 2. The number of nitrogens with zero attached hydrogens (tertiary/aromatic N) is 2. The van der Waals surface area contributed by atoms with Gasteiger partial charge in [0, 0.05) is 45.1 Å². The Morgan fingerprint density at radius 1 is 1.41 bits per heavy atom. The van der Waals surface area contributed by atoms with Gasteiger partial charge in [-0.05, 0) is 38.3 Å². The molecule has 0 saturated carbocycles. The van der Waals surface area contributed by atoms with Crippen LogP contribution in [0.2, 0.25) is 0 Å². The molecule has 1 atom stereocenters. The summed E-state index contributed by atoms with van der Waals surface area (Å²) in [6.07, 6.45) is 5.64. The molecule has 3 heterocycles. The Balaban J connectivity index is 1.61. The number of pyridine rings is 1. The summed E-state index contributed by atoms with van der Waals surface area (Å²) in [5.41, 5.74) is 1.50. The molecular weight excluding hydrogens is 280 g/mol. The smallest absolute Gasteiger partial charge is 0.255 e. The van der Waals surface area contributed by atoms with Crippen LogP contribution in [0, 0.1) is 6.92 Å². The van der Waals surface area contributed by atoms with Crippen LogP contribution < -0.4 is 0 Å². The van der Waals surface area contributed by atoms with E-state index in [0.717, 1.165) is 51.1 Å². The van der Waals surface area contributed by atoms with Crippen LogP contribution in [-0.4, -0.2) is 54.3 Å². The molecule has 2 aliphatic rings. The minimum Gasteiger partial charge on any atom is -0.381 e. The molecule has 5 nitrogen and oxygen atoms in total. The lowest BCUT2D eigenvalue weighted by atomic mass is 9.83. The third-order valence-corrected chi connectivity index (χ3v) is 4.90. The van der Waals surface area contributed by atoms with Crippen LogP contribution >= 0.6 is 0 Å². The average Bonchev–Trinajstić information content (AvgIpc) is 2.56. The first-order chi connectivity index (χ1) is 10.6. The van der Waals surface area contributed by atoms with Crippen molar-refractivity contribution in [1.29, 1.82) is 0 Å². The monoisotopic (exact) mass is 304 g/mol. The summed E-state index contributed by atoms with van der Waals surface area (Å²) in [5, 5.41) is 0. The van der Waals surface area contributed by atoms with Crippen LogP contribution in [0.25, 0.3) is 0 Å². The lowest BCUT2D eigenvalue weighted by Crippen LogP contribution is -2.51. The molecule has 1 amide bonds. The zero-order chi connectivity index (χ0) is 15.6. The second-order valence-corrected chi connectivity index (χ2v) is 6.36. The molecule has 1 unspecified atom stereocenters. The average molecular weight is 304 g/mol. The first-order valence-corrected chi connectivity index (χ1v) is 8.01. The maximum Gasteiger partial charge on any atom is 0.255 e. The Hall–Kier alpha value is -1.46. The summed E-state index contributed by atoms with van der Waals surface area (Å²) in [6.45, 7) is 4.16. The van der Waals surface area contributed by atoms with Gasteiger partial charge in [-0.1, -0.05) is 0 Å². The normalized spacial score (nSPS) is 24.5. The van der Waals surface area contributed by atoms with E-state index in [2.05, 4.69) is 4.98 Å². The molecule has 3 rings (SSSR count). The van der Waals surface area contributed by atoms with E-state index < -0.39 is 0 Å². The number of carbonyl (C=O) groups excluding carboxylic acids is 1. The quantitative estimate of drug-likeness (QED) is 0.840. The van der Waals surface area contributed by atoms with Crippen LogP contribution in [0.5, 0.6) is 0 Å². The van der Waals surface area contributed by atoms with E-state index in [-0.39, 0.29) is 17.6 Å². The van der Waals surface area contributed by atoms with Gasteiger partial charge in [-0.2, -0.15) is 0 Å². The Kier molecular flexibility index (Phi) is 4.45. The molecule has 1 aromatic heterocycles. The zero-order valence-corrected chi connectivity index (χ0v) is 13.4. The molecule has 2 aliphatic heterocycles. The summed E-state index contributed by atoms with van der Waals surface area (Å²) in [5.74, 6) is 0.0708. The zero-order valence-electron chi connectivity index (χ0n) is 13.4. The topological polar surface area (TPSA) is 51.7 Å². The molecule has 120 valence electrons. The Labute approximate surface area is 131 Å². The molecule has 5 heteroatoms. The van der Waals surface area contributed by atoms with E-state index in [4.69, 9.17) is 9.47 Å². The number of aryl methyl sites for hydroxylation is 1. The van der Waals surface area contributed by atoms with Crippen LogP contribution in [0.1, 0.15) is 41.7 Å². The molecule has 1 aromatic rings. The first-order valence-electron chi connectivity index (χ1n) is 8.01. The van der Waals surface area contributed by atoms with E-state index in [9.17, 15) is 4.79 Å². The molecule has 0 bridgehead atoms. The maximum absolute atomic E-state index is 12.5. The van der Waals surface area contributed by atoms with Crippen molar-refractivity contribution < 1.29 is 14.3 Å². The fourth-order valence-electron chi connectivity index (χ4n) is 3.43. The maximum atomic E-state index is 12.5. The van der Waals surface area contributed by atoms with E-state index in [1.54, 1.807) is 13.3 Å². The van der Waals surface area contributed by atoms with Gasteiger partial charge < -0.3 is 14.4 Å². The van der Waals surface area contributed by atoms with Crippen molar-refractivity contribution in [3.8, 4) is 0 Å². The minimum absolute atomic E-state index is 0.0708. The third kappa shape index (κ3) is 3.15. The Morgan fingerprint density at radius 2 is 2.18 bits per heavy atom. The van der Waals surface area contributed by atoms with Crippen LogP contribution in [-0.2, 0) is 9.47 Å². The van der Waals surface area contributed by atoms with Crippen molar-refractivity contribution >= 4 is 5.91 Å². The van der Waals surface area contributed by atoms with Crippen molar-refractivity contribution in [3.63, 3.8) is 0 Å². The number of methoxy groups -OCH3 is 1. The second kappa shape index (κ2) is 6.34. The van der Waals surface area contributed by atoms with Crippen molar-refractivity contribution in [2.75, 3.05) is 26.8 Å². The molecule has 0 radical (unpaired) electrons. The number of piperidine rings is 1. The van der Waals surface area contributed by atoms with Gasteiger partial charge in [0.05, 0.1) is 17.3 Å². The molecular formula is C17H24N2O3. The van der Waals surface area contributed by atoms with Gasteiger partial charge in [0.15, 0.2) is 0 Å². The predicted molar refractivity (Wildman–Crippen MR) is 82.8 cm³/mol. The lowest BCUT2D eigenvalue weighted by Gasteiger charge is -2.45. The Morgan fingerprint density at radius 3 is 2.82 bits per heavy atom. The highest BCUT2D eigenvalue weighted by Crippen LogP contribution is 2.36. The summed E-state index contributed by atoms with van der Waals surface area (Å²) >= 11 is 0. The highest BCUT2D eigenvalue weighted by Gasteiger charge is 2.41. The second-order valence-electron chi connectivity index (χ2n) is 6.36. The fourth-order valence-corrected chi connectivity index (χ4v) is 3.43. The van der Waals surface area contributed by atoms with Gasteiger partial charge in [0.1, 0.15) is 0 Å². The van der Waals surface area contributed by atoms with Gasteiger partial charge >= 0.3 is 0 Å². The van der Waals surface area contributed by atoms with Gasteiger partial charge in [-0.25, -0.2) is 0 Å². The largest absolute Gasteiger partial charge is 0.381 e. The van der Waals surface area contributed by atoms with E-state index in [1.165, 1.54) is 0 Å². The third-order valence-electron chi connectivity index (χ3n) is 4.90. The number of hydrogen-bond donors (Lipinski definition) is 0. The van der Waals surface area contributed by atoms with Crippen LogP contribution in [0.4, 0.5) is 0 Å². The SMILES string of the molecule is COC1CCOC2(CCN(C(=O)c3ccc(C)nc3)CC2)C1. The first kappa shape index (κ1) is 15.4. The van der Waals surface area contributed by atoms with Crippen molar-refractivity contribution in [1.82, 2.24) is 9.88 Å². The van der Waals surface area contributed by atoms with E-state index >= 15 is 0 Å². The highest BCUT2D eigenvalue weighted by molar-refractivity contribution is 5.94. The molecule has 0 aliphatic carbocycles. The van der Waals surface area contributed by atoms with Crippen molar-refractivity contribution in [2.24, 2.45) is 0 Å². The molecule has 0 N–H and O–H groups in total. The highest BCUT2D eigenvalue weighted by atomic mass is 16.5. The number of amides is 1. The summed E-state index contributed by atoms with van der Waals surface area (Å²) in [6, 6.07) is 3.74. The Bertz CT molecular complexity index is 521. The predicted octanol–water partition coefficient (Wildman–Crippen LogP) is 2.19. The summed E-state index contributed by atoms with van der Waals surface area (Å²) in [4.78, 5) is 18.6. The van der Waals surface area contributed by atoms with Crippen LogP contribution in [0.15, 0.2) is 18.3 Å². The standard InChI is InChI=1S/C17H24N2O3/c1-13-3-4-14(12-18-13)16(20)19-8-6-17(7-9-19)11-15(21-2)5-10-22-17/h3-4,12,15H,5-11H2,1-2H3. The molecule has 22 heavy (non-hydrogen) atoms. The van der Waals surface area contributed by atoms with Gasteiger partial charge in [0.2, 0.25) is 0 Å².